The topological polar surface area (TPSA) is 99.5 Å². The lowest BCUT2D eigenvalue weighted by atomic mass is 9.86. The Morgan fingerprint density at radius 2 is 1.71 bits per heavy atom. The Kier molecular flexibility index (Phi) is 9.05. The van der Waals surface area contributed by atoms with Gasteiger partial charge in [0.2, 0.25) is 0 Å². The number of nitrogens with one attached hydrogen (secondary N) is 2. The number of benzene rings is 3. The fraction of sp³-hybridized carbons (Fsp3) is 0.303. The van der Waals surface area contributed by atoms with E-state index in [0.717, 1.165) is 22.4 Å². The van der Waals surface area contributed by atoms with Crippen molar-refractivity contribution in [3.8, 4) is 11.3 Å². The SMILES string of the molecule is Cc1c(NC(=O)c2ccc(C(C)(C)C)cc2)cccc1-c1cn(C)c(=O)c(Nc2ccc(CN(C)CCO)cc2)n1. The summed E-state index contributed by atoms with van der Waals surface area (Å²) in [4.78, 5) is 32.7. The summed E-state index contributed by atoms with van der Waals surface area (Å²) in [6, 6.07) is 21.1. The number of likely N-dealkylation sites (N-methyl/N-ethyl adjacent to an activating group) is 1. The van der Waals surface area contributed by atoms with Gasteiger partial charge in [-0.25, -0.2) is 4.98 Å². The molecule has 214 valence electrons. The van der Waals surface area contributed by atoms with Crippen LogP contribution in [-0.4, -0.2) is 45.7 Å². The lowest BCUT2D eigenvalue weighted by Crippen LogP contribution is -2.22. The molecule has 3 aromatic carbocycles. The molecule has 0 radical (unpaired) electrons. The highest BCUT2D eigenvalue weighted by atomic mass is 16.3. The maximum Gasteiger partial charge on any atom is 0.293 e. The zero-order chi connectivity index (χ0) is 29.7. The van der Waals surface area contributed by atoms with E-state index in [1.54, 1.807) is 13.2 Å². The number of aryl methyl sites for hydroxylation is 1. The minimum atomic E-state index is -0.249. The number of hydrogen-bond acceptors (Lipinski definition) is 6. The van der Waals surface area contributed by atoms with Gasteiger partial charge in [-0.15, -0.1) is 0 Å². The van der Waals surface area contributed by atoms with Crippen LogP contribution in [0.1, 0.15) is 47.8 Å². The second-order valence-corrected chi connectivity index (χ2v) is 11.4. The summed E-state index contributed by atoms with van der Waals surface area (Å²) in [5, 5.41) is 15.3. The van der Waals surface area contributed by atoms with Crippen molar-refractivity contribution in [1.82, 2.24) is 14.5 Å². The maximum atomic E-state index is 13.1. The lowest BCUT2D eigenvalue weighted by Gasteiger charge is -2.19. The van der Waals surface area contributed by atoms with Crippen LogP contribution in [0.25, 0.3) is 11.3 Å². The fourth-order valence-electron chi connectivity index (χ4n) is 4.57. The Morgan fingerprint density at radius 3 is 2.34 bits per heavy atom. The summed E-state index contributed by atoms with van der Waals surface area (Å²) in [5.41, 5.74) is 6.31. The second-order valence-electron chi connectivity index (χ2n) is 11.4. The minimum absolute atomic E-state index is 0.0114. The number of amides is 1. The zero-order valence-electron chi connectivity index (χ0n) is 24.7. The van der Waals surface area contributed by atoms with Crippen molar-refractivity contribution in [2.75, 3.05) is 30.8 Å². The van der Waals surface area contributed by atoms with E-state index < -0.39 is 0 Å². The lowest BCUT2D eigenvalue weighted by molar-refractivity contribution is 0.102. The van der Waals surface area contributed by atoms with Crippen LogP contribution in [0.2, 0.25) is 0 Å². The van der Waals surface area contributed by atoms with E-state index >= 15 is 0 Å². The van der Waals surface area contributed by atoms with Crippen molar-refractivity contribution in [3.05, 3.63) is 106 Å². The molecule has 0 aliphatic heterocycles. The summed E-state index contributed by atoms with van der Waals surface area (Å²) < 4.78 is 1.50. The van der Waals surface area contributed by atoms with E-state index in [2.05, 4.69) is 36.4 Å². The Morgan fingerprint density at radius 1 is 1.02 bits per heavy atom. The summed E-state index contributed by atoms with van der Waals surface area (Å²) in [5.74, 6) is 0.0235. The van der Waals surface area contributed by atoms with Gasteiger partial charge in [-0.2, -0.15) is 0 Å². The van der Waals surface area contributed by atoms with E-state index in [-0.39, 0.29) is 29.3 Å². The molecule has 0 saturated carbocycles. The summed E-state index contributed by atoms with van der Waals surface area (Å²) in [7, 11) is 3.65. The summed E-state index contributed by atoms with van der Waals surface area (Å²) in [6.07, 6.45) is 1.70. The van der Waals surface area contributed by atoms with Crippen LogP contribution in [0, 0.1) is 6.92 Å². The van der Waals surface area contributed by atoms with Crippen LogP contribution < -0.4 is 16.2 Å². The number of rotatable bonds is 9. The molecule has 1 amide bonds. The van der Waals surface area contributed by atoms with Gasteiger partial charge in [0.05, 0.1) is 12.3 Å². The van der Waals surface area contributed by atoms with Crippen LogP contribution >= 0.6 is 0 Å². The Hall–Kier alpha value is -4.27. The molecule has 41 heavy (non-hydrogen) atoms. The molecule has 0 bridgehead atoms. The Bertz CT molecular complexity index is 1570. The first-order valence-electron chi connectivity index (χ1n) is 13.7. The van der Waals surface area contributed by atoms with Gasteiger partial charge in [-0.1, -0.05) is 57.2 Å². The Balaban J connectivity index is 1.56. The molecular formula is C33H39N5O3. The number of aliphatic hydroxyl groups is 1. The van der Waals surface area contributed by atoms with Gasteiger partial charge >= 0.3 is 0 Å². The zero-order valence-corrected chi connectivity index (χ0v) is 24.7. The molecule has 0 fully saturated rings. The molecular weight excluding hydrogens is 514 g/mol. The second kappa shape index (κ2) is 12.5. The largest absolute Gasteiger partial charge is 0.395 e. The average molecular weight is 554 g/mol. The highest BCUT2D eigenvalue weighted by molar-refractivity contribution is 6.05. The van der Waals surface area contributed by atoms with E-state index in [1.807, 2.05) is 85.6 Å². The summed E-state index contributed by atoms with van der Waals surface area (Å²) >= 11 is 0. The van der Waals surface area contributed by atoms with Crippen LogP contribution in [0.5, 0.6) is 0 Å². The molecule has 0 spiro atoms. The van der Waals surface area contributed by atoms with E-state index in [1.165, 1.54) is 10.1 Å². The molecule has 1 heterocycles. The first kappa shape index (κ1) is 29.7. The van der Waals surface area contributed by atoms with Crippen LogP contribution in [0.15, 0.2) is 77.7 Å². The third-order valence-corrected chi connectivity index (χ3v) is 7.09. The first-order valence-corrected chi connectivity index (χ1v) is 13.7. The van der Waals surface area contributed by atoms with Gasteiger partial charge in [0.25, 0.3) is 11.5 Å². The van der Waals surface area contributed by atoms with Crippen molar-refractivity contribution in [3.63, 3.8) is 0 Å². The molecule has 3 N–H and O–H groups in total. The molecule has 4 rings (SSSR count). The molecule has 0 aliphatic rings. The number of hydrogen-bond donors (Lipinski definition) is 3. The standard InChI is InChI=1S/C33H39N5O3/c1-22-27(8-7-9-28(22)36-31(40)24-12-14-25(15-13-24)33(2,3)4)29-21-38(6)32(41)30(35-29)34-26-16-10-23(11-17-26)20-37(5)18-19-39/h7-17,21,39H,18-20H2,1-6H3,(H,34,35)(H,36,40). The normalized spacial score (nSPS) is 11.5. The van der Waals surface area contributed by atoms with E-state index in [0.29, 0.717) is 30.0 Å². The first-order chi connectivity index (χ1) is 19.5. The van der Waals surface area contributed by atoms with Crippen molar-refractivity contribution in [2.24, 2.45) is 7.05 Å². The van der Waals surface area contributed by atoms with Gasteiger partial charge in [-0.05, 0) is 66.4 Å². The van der Waals surface area contributed by atoms with Crippen LogP contribution in [0.4, 0.5) is 17.2 Å². The predicted octanol–water partition coefficient (Wildman–Crippen LogP) is 5.47. The number of anilines is 3. The highest BCUT2D eigenvalue weighted by Gasteiger charge is 2.17. The number of nitrogens with zero attached hydrogens (tertiary/aromatic N) is 3. The summed E-state index contributed by atoms with van der Waals surface area (Å²) in [6.45, 7) is 9.78. The molecule has 8 heteroatoms. The maximum absolute atomic E-state index is 13.1. The number of carbonyl (C=O) groups excluding carboxylic acids is 1. The van der Waals surface area contributed by atoms with Gasteiger partial charge < -0.3 is 20.3 Å². The molecule has 0 saturated heterocycles. The molecule has 0 aliphatic carbocycles. The molecule has 1 aromatic heterocycles. The van der Waals surface area contributed by atoms with Gasteiger partial charge in [-0.3, -0.25) is 14.5 Å². The van der Waals surface area contributed by atoms with Gasteiger partial charge in [0, 0.05) is 48.8 Å². The van der Waals surface area contributed by atoms with Crippen LogP contribution in [0.3, 0.4) is 0 Å². The quantitative estimate of drug-likeness (QED) is 0.254. The number of aliphatic hydroxyl groups excluding tert-OH is 1. The minimum Gasteiger partial charge on any atom is -0.395 e. The van der Waals surface area contributed by atoms with Crippen molar-refractivity contribution in [2.45, 2.75) is 39.7 Å². The number of carbonyl (C=O) groups is 1. The molecule has 8 nitrogen and oxygen atoms in total. The van der Waals surface area contributed by atoms with Crippen molar-refractivity contribution in [1.29, 1.82) is 0 Å². The monoisotopic (exact) mass is 553 g/mol. The average Bonchev–Trinajstić information content (AvgIpc) is 2.93. The Labute approximate surface area is 241 Å². The van der Waals surface area contributed by atoms with Crippen LogP contribution in [-0.2, 0) is 19.0 Å². The third kappa shape index (κ3) is 7.28. The number of aromatic nitrogens is 2. The van der Waals surface area contributed by atoms with Crippen molar-refractivity contribution >= 4 is 23.1 Å². The van der Waals surface area contributed by atoms with Crippen molar-refractivity contribution < 1.29 is 9.90 Å². The molecule has 0 unspecified atom stereocenters. The molecule has 0 atom stereocenters. The highest BCUT2D eigenvalue weighted by Crippen LogP contribution is 2.29. The predicted molar refractivity (Wildman–Crippen MR) is 166 cm³/mol. The van der Waals surface area contributed by atoms with Gasteiger partial charge in [0.15, 0.2) is 5.82 Å². The van der Waals surface area contributed by atoms with E-state index in [4.69, 9.17) is 5.11 Å². The van der Waals surface area contributed by atoms with Gasteiger partial charge in [0.1, 0.15) is 0 Å². The fourth-order valence-corrected chi connectivity index (χ4v) is 4.57. The molecule has 4 aromatic rings. The van der Waals surface area contributed by atoms with E-state index in [9.17, 15) is 9.59 Å². The smallest absolute Gasteiger partial charge is 0.293 e. The third-order valence-electron chi connectivity index (χ3n) is 7.09.